The molecule has 0 fully saturated rings. The minimum atomic E-state index is -1.21. The molecule has 0 unspecified atom stereocenters. The number of carbonyl (C=O) groups excluding carboxylic acids is 4. The molecule has 18 heavy (non-hydrogen) atoms. The van der Waals surface area contributed by atoms with Crippen molar-refractivity contribution in [3.05, 3.63) is 23.7 Å². The fourth-order valence-corrected chi connectivity index (χ4v) is 2.44. The number of thioether (sulfide) groups is 2. The molecule has 0 aliphatic carbocycles. The Kier molecular flexibility index (Phi) is 3.87. The van der Waals surface area contributed by atoms with E-state index in [9.17, 15) is 19.2 Å². The zero-order valence-electron chi connectivity index (χ0n) is 8.83. The highest BCUT2D eigenvalue weighted by Gasteiger charge is 2.26. The van der Waals surface area contributed by atoms with Crippen LogP contribution in [0.4, 0.5) is 0 Å². The van der Waals surface area contributed by atoms with E-state index in [4.69, 9.17) is 0 Å². The van der Waals surface area contributed by atoms with E-state index in [1.165, 1.54) is 0 Å². The van der Waals surface area contributed by atoms with Gasteiger partial charge in [-0.05, 0) is 0 Å². The SMILES string of the molecule is O=C1C=C(OC(=O)C(=O)OC2=CC(=O)SC2)CS1. The Labute approximate surface area is 110 Å². The molecule has 2 aliphatic rings. The van der Waals surface area contributed by atoms with Gasteiger partial charge in [0, 0.05) is 12.2 Å². The van der Waals surface area contributed by atoms with Crippen LogP contribution >= 0.6 is 23.5 Å². The first-order chi connectivity index (χ1) is 8.54. The van der Waals surface area contributed by atoms with Crippen molar-refractivity contribution in [2.75, 3.05) is 11.5 Å². The molecule has 8 heteroatoms. The third kappa shape index (κ3) is 3.23. The van der Waals surface area contributed by atoms with Crippen molar-refractivity contribution >= 4 is 45.7 Å². The van der Waals surface area contributed by atoms with Gasteiger partial charge in [-0.3, -0.25) is 9.59 Å². The average Bonchev–Trinajstić information content (AvgIpc) is 2.88. The number of esters is 2. The number of rotatable bonds is 2. The van der Waals surface area contributed by atoms with E-state index in [-0.39, 0.29) is 33.3 Å². The third-order valence-corrected chi connectivity index (χ3v) is 3.55. The van der Waals surface area contributed by atoms with Crippen LogP contribution in [0.15, 0.2) is 23.7 Å². The van der Waals surface area contributed by atoms with E-state index < -0.39 is 11.9 Å². The fraction of sp³-hybridized carbons (Fsp3) is 0.200. The Morgan fingerprint density at radius 3 is 1.56 bits per heavy atom. The van der Waals surface area contributed by atoms with Crippen LogP contribution in [-0.4, -0.2) is 33.7 Å². The van der Waals surface area contributed by atoms with E-state index in [0.717, 1.165) is 35.7 Å². The highest BCUT2D eigenvalue weighted by molar-refractivity contribution is 8.14. The molecule has 0 aromatic carbocycles. The zero-order chi connectivity index (χ0) is 13.1. The quantitative estimate of drug-likeness (QED) is 0.532. The molecule has 0 saturated carbocycles. The van der Waals surface area contributed by atoms with Crippen LogP contribution in [0.25, 0.3) is 0 Å². The maximum Gasteiger partial charge on any atom is 0.423 e. The van der Waals surface area contributed by atoms with E-state index >= 15 is 0 Å². The van der Waals surface area contributed by atoms with Crippen molar-refractivity contribution in [3.63, 3.8) is 0 Å². The molecule has 0 N–H and O–H groups in total. The first-order valence-electron chi connectivity index (χ1n) is 4.73. The van der Waals surface area contributed by atoms with Crippen molar-refractivity contribution < 1.29 is 28.7 Å². The summed E-state index contributed by atoms with van der Waals surface area (Å²) in [6, 6.07) is 0. The second kappa shape index (κ2) is 5.40. The molecule has 0 bridgehead atoms. The second-order valence-corrected chi connectivity index (χ2v) is 5.18. The topological polar surface area (TPSA) is 86.7 Å². The van der Waals surface area contributed by atoms with Crippen LogP contribution < -0.4 is 0 Å². The van der Waals surface area contributed by atoms with Crippen LogP contribution in [-0.2, 0) is 28.7 Å². The van der Waals surface area contributed by atoms with Gasteiger partial charge in [0.2, 0.25) is 10.2 Å². The monoisotopic (exact) mass is 286 g/mol. The van der Waals surface area contributed by atoms with Gasteiger partial charge < -0.3 is 9.47 Å². The summed E-state index contributed by atoms with van der Waals surface area (Å²) in [5, 5.41) is -0.460. The molecule has 6 nitrogen and oxygen atoms in total. The number of carbonyl (C=O) groups is 4. The fourth-order valence-electron chi connectivity index (χ4n) is 1.15. The van der Waals surface area contributed by atoms with E-state index in [1.807, 2.05) is 0 Å². The first kappa shape index (κ1) is 12.9. The van der Waals surface area contributed by atoms with Gasteiger partial charge in [0.05, 0.1) is 11.5 Å². The highest BCUT2D eigenvalue weighted by atomic mass is 32.2. The maximum absolute atomic E-state index is 11.3. The summed E-state index contributed by atoms with van der Waals surface area (Å²) in [5.41, 5.74) is 0. The number of hydrogen-bond donors (Lipinski definition) is 0. The smallest absolute Gasteiger partial charge is 0.422 e. The molecule has 2 rings (SSSR count). The van der Waals surface area contributed by atoms with Crippen molar-refractivity contribution in [2.45, 2.75) is 0 Å². The lowest BCUT2D eigenvalue weighted by Gasteiger charge is -2.04. The van der Waals surface area contributed by atoms with Crippen LogP contribution in [0, 0.1) is 0 Å². The molecule has 0 amide bonds. The molecule has 0 spiro atoms. The molecule has 0 atom stereocenters. The van der Waals surface area contributed by atoms with Gasteiger partial charge in [-0.25, -0.2) is 9.59 Å². The van der Waals surface area contributed by atoms with Gasteiger partial charge in [0.15, 0.2) is 0 Å². The Bertz CT molecular complexity index is 458. The Morgan fingerprint density at radius 1 is 0.889 bits per heavy atom. The van der Waals surface area contributed by atoms with Crippen LogP contribution in [0.2, 0.25) is 0 Å². The van der Waals surface area contributed by atoms with E-state index in [0.29, 0.717) is 0 Å². The third-order valence-electron chi connectivity index (χ3n) is 1.89. The zero-order valence-corrected chi connectivity index (χ0v) is 10.5. The van der Waals surface area contributed by atoms with Gasteiger partial charge in [-0.15, -0.1) is 0 Å². The maximum atomic E-state index is 11.3. The summed E-state index contributed by atoms with van der Waals surface area (Å²) in [7, 11) is 0. The molecule has 0 saturated heterocycles. The van der Waals surface area contributed by atoms with Gasteiger partial charge in [-0.2, -0.15) is 0 Å². The summed E-state index contributed by atoms with van der Waals surface area (Å²) < 4.78 is 9.34. The summed E-state index contributed by atoms with van der Waals surface area (Å²) in [4.78, 5) is 44.3. The Hall–Kier alpha value is -1.54. The highest BCUT2D eigenvalue weighted by Crippen LogP contribution is 2.21. The lowest BCUT2D eigenvalue weighted by atomic mass is 10.5. The summed E-state index contributed by atoms with van der Waals surface area (Å²) in [5.74, 6) is -1.73. The van der Waals surface area contributed by atoms with Crippen LogP contribution in [0.5, 0.6) is 0 Å². The molecular weight excluding hydrogens is 280 g/mol. The van der Waals surface area contributed by atoms with Crippen molar-refractivity contribution in [3.8, 4) is 0 Å². The Morgan fingerprint density at radius 2 is 1.28 bits per heavy atom. The molecule has 2 aliphatic heterocycles. The lowest BCUT2D eigenvalue weighted by molar-refractivity contribution is -0.162. The standard InChI is InChI=1S/C10H6O6S2/c11-7-1-5(3-17-7)15-9(13)10(14)16-6-2-8(12)18-4-6/h1-2H,3-4H2. The minimum Gasteiger partial charge on any atom is -0.422 e. The predicted octanol–water partition coefficient (Wildman–Crippen LogP) is 0.387. The molecule has 0 aromatic heterocycles. The second-order valence-electron chi connectivity index (χ2n) is 3.22. The van der Waals surface area contributed by atoms with Gasteiger partial charge in [0.1, 0.15) is 11.5 Å². The molecule has 0 radical (unpaired) electrons. The van der Waals surface area contributed by atoms with Crippen molar-refractivity contribution in [1.82, 2.24) is 0 Å². The number of ether oxygens (including phenoxy) is 2. The molecule has 0 aromatic rings. The van der Waals surface area contributed by atoms with Crippen LogP contribution in [0.1, 0.15) is 0 Å². The van der Waals surface area contributed by atoms with E-state index in [2.05, 4.69) is 9.47 Å². The van der Waals surface area contributed by atoms with Crippen LogP contribution in [0.3, 0.4) is 0 Å². The van der Waals surface area contributed by atoms with Crippen molar-refractivity contribution in [1.29, 1.82) is 0 Å². The predicted molar refractivity (Wildman–Crippen MR) is 63.3 cm³/mol. The summed E-state index contributed by atoms with van der Waals surface area (Å²) >= 11 is 1.94. The normalized spacial score (nSPS) is 18.4. The summed E-state index contributed by atoms with van der Waals surface area (Å²) in [6.45, 7) is 0. The average molecular weight is 286 g/mol. The summed E-state index contributed by atoms with van der Waals surface area (Å²) in [6.07, 6.45) is 2.29. The minimum absolute atomic E-state index is 0.123. The first-order valence-corrected chi connectivity index (χ1v) is 6.70. The van der Waals surface area contributed by atoms with Crippen molar-refractivity contribution in [2.24, 2.45) is 0 Å². The van der Waals surface area contributed by atoms with Gasteiger partial charge in [0.25, 0.3) is 0 Å². The molecular formula is C10H6O6S2. The van der Waals surface area contributed by atoms with Gasteiger partial charge in [-0.1, -0.05) is 23.5 Å². The molecule has 2 heterocycles. The largest absolute Gasteiger partial charge is 0.423 e. The lowest BCUT2D eigenvalue weighted by Crippen LogP contribution is -2.20. The number of hydrogen-bond acceptors (Lipinski definition) is 8. The van der Waals surface area contributed by atoms with Gasteiger partial charge >= 0.3 is 11.9 Å². The van der Waals surface area contributed by atoms with E-state index in [1.54, 1.807) is 0 Å². The molecule has 94 valence electrons. The Balaban J connectivity index is 1.87.